The van der Waals surface area contributed by atoms with Gasteiger partial charge in [-0.3, -0.25) is 0 Å². The predicted molar refractivity (Wildman–Crippen MR) is 126 cm³/mol. The SMILES string of the molecule is CC1/C(=C/c2nc3c(ccc[n+]3C)o2)C=Cc2ccccc21.Cc1ccc(S(=O)(=O)[O-])cc1. The van der Waals surface area contributed by atoms with Gasteiger partial charge in [0.05, 0.1) is 18.1 Å². The summed E-state index contributed by atoms with van der Waals surface area (Å²) >= 11 is 0. The van der Waals surface area contributed by atoms with E-state index in [0.717, 1.165) is 16.8 Å². The maximum atomic E-state index is 10.4. The monoisotopic (exact) mass is 460 g/mol. The van der Waals surface area contributed by atoms with Gasteiger partial charge in [0.25, 0.3) is 0 Å². The van der Waals surface area contributed by atoms with Crippen LogP contribution in [0.3, 0.4) is 0 Å². The number of nitrogens with zero attached hydrogens (tertiary/aromatic N) is 2. The summed E-state index contributed by atoms with van der Waals surface area (Å²) in [7, 11) is -2.30. The molecule has 168 valence electrons. The van der Waals surface area contributed by atoms with Crippen LogP contribution in [0.5, 0.6) is 0 Å². The van der Waals surface area contributed by atoms with Crippen molar-refractivity contribution in [3.05, 3.63) is 101 Å². The van der Waals surface area contributed by atoms with Crippen molar-refractivity contribution < 1.29 is 22.0 Å². The van der Waals surface area contributed by atoms with Crippen molar-refractivity contribution in [2.75, 3.05) is 0 Å². The number of aryl methyl sites for hydroxylation is 2. The van der Waals surface area contributed by atoms with Crippen molar-refractivity contribution in [2.45, 2.75) is 24.7 Å². The molecule has 0 N–H and O–H groups in total. The Morgan fingerprint density at radius 1 is 1.03 bits per heavy atom. The van der Waals surface area contributed by atoms with Crippen LogP contribution in [-0.4, -0.2) is 18.0 Å². The molecule has 5 rings (SSSR count). The molecule has 1 aliphatic carbocycles. The molecule has 1 aliphatic rings. The van der Waals surface area contributed by atoms with Crippen molar-refractivity contribution in [1.29, 1.82) is 0 Å². The fraction of sp³-hybridized carbons (Fsp3) is 0.154. The number of allylic oxidation sites excluding steroid dienone is 2. The summed E-state index contributed by atoms with van der Waals surface area (Å²) < 4.78 is 39.0. The predicted octanol–water partition coefficient (Wildman–Crippen LogP) is 4.77. The van der Waals surface area contributed by atoms with Crippen LogP contribution < -0.4 is 4.57 Å². The summed E-state index contributed by atoms with van der Waals surface area (Å²) in [6.45, 7) is 4.04. The lowest BCUT2D eigenvalue weighted by atomic mass is 9.84. The zero-order valence-electron chi connectivity index (χ0n) is 18.6. The molecule has 1 unspecified atom stereocenters. The lowest BCUT2D eigenvalue weighted by molar-refractivity contribution is -0.646. The Morgan fingerprint density at radius 2 is 1.76 bits per heavy atom. The Kier molecular flexibility index (Phi) is 6.26. The first-order valence-corrected chi connectivity index (χ1v) is 11.9. The lowest BCUT2D eigenvalue weighted by Gasteiger charge is -2.20. The molecule has 0 spiro atoms. The van der Waals surface area contributed by atoms with Gasteiger partial charge in [-0.15, -0.1) is 0 Å². The van der Waals surface area contributed by atoms with Crippen molar-refractivity contribution in [3.8, 4) is 0 Å². The summed E-state index contributed by atoms with van der Waals surface area (Å²) in [6, 6.07) is 18.2. The van der Waals surface area contributed by atoms with Crippen LogP contribution in [0, 0.1) is 6.92 Å². The highest BCUT2D eigenvalue weighted by atomic mass is 32.2. The summed E-state index contributed by atoms with van der Waals surface area (Å²) in [4.78, 5) is 4.41. The molecule has 0 fully saturated rings. The fourth-order valence-electron chi connectivity index (χ4n) is 3.68. The van der Waals surface area contributed by atoms with Gasteiger partial charge in [0.2, 0.25) is 5.58 Å². The Bertz CT molecular complexity index is 1470. The van der Waals surface area contributed by atoms with Gasteiger partial charge in [-0.05, 0) is 47.9 Å². The average Bonchev–Trinajstić information content (AvgIpc) is 3.20. The number of hydrogen-bond acceptors (Lipinski definition) is 5. The average molecular weight is 461 g/mol. The van der Waals surface area contributed by atoms with Gasteiger partial charge in [0, 0.05) is 17.0 Å². The Balaban J connectivity index is 0.000000200. The molecule has 0 aliphatic heterocycles. The standard InChI is InChI=1S/C19H17N2O.C7H8O3S/c1-13-15(10-9-14-6-3-4-7-16(13)14)12-18-20-19-17(22-18)8-5-11-21(19)2;1-6-2-4-7(5-3-6)11(8,9)10/h3-13H,1-2H3;2-5H,1H3,(H,8,9,10)/q+1;/p-1/b15-12+;. The summed E-state index contributed by atoms with van der Waals surface area (Å²) in [5.74, 6) is 0.993. The normalized spacial score (nSPS) is 16.4. The topological polar surface area (TPSA) is 87.1 Å². The number of pyridine rings is 1. The van der Waals surface area contributed by atoms with Crippen molar-refractivity contribution in [1.82, 2.24) is 4.98 Å². The third-order valence-corrected chi connectivity index (χ3v) is 6.41. The zero-order chi connectivity index (χ0) is 23.6. The highest BCUT2D eigenvalue weighted by Gasteiger charge is 2.20. The van der Waals surface area contributed by atoms with E-state index in [1.807, 2.05) is 42.9 Å². The van der Waals surface area contributed by atoms with Gasteiger partial charge < -0.3 is 8.97 Å². The van der Waals surface area contributed by atoms with Crippen LogP contribution in [0.15, 0.2) is 87.8 Å². The van der Waals surface area contributed by atoms with E-state index < -0.39 is 10.1 Å². The van der Waals surface area contributed by atoms with E-state index in [4.69, 9.17) is 4.42 Å². The first kappa shape index (κ1) is 22.6. The molecule has 2 aromatic carbocycles. The minimum absolute atomic E-state index is 0.178. The zero-order valence-corrected chi connectivity index (χ0v) is 19.4. The number of benzene rings is 2. The van der Waals surface area contributed by atoms with Gasteiger partial charge in [-0.25, -0.2) is 13.0 Å². The second kappa shape index (κ2) is 9.13. The highest BCUT2D eigenvalue weighted by molar-refractivity contribution is 7.85. The summed E-state index contributed by atoms with van der Waals surface area (Å²) in [5, 5.41) is 0. The summed E-state index contributed by atoms with van der Waals surface area (Å²) in [5.41, 5.74) is 6.45. The van der Waals surface area contributed by atoms with E-state index in [1.54, 1.807) is 12.1 Å². The quantitative estimate of drug-likeness (QED) is 0.318. The van der Waals surface area contributed by atoms with Gasteiger partial charge in [-0.1, -0.05) is 61.0 Å². The van der Waals surface area contributed by atoms with E-state index in [9.17, 15) is 13.0 Å². The molecule has 0 amide bonds. The minimum atomic E-state index is -4.27. The Labute approximate surface area is 193 Å². The van der Waals surface area contributed by atoms with E-state index in [2.05, 4.69) is 48.3 Å². The van der Waals surface area contributed by atoms with Gasteiger partial charge >= 0.3 is 11.5 Å². The van der Waals surface area contributed by atoms with Gasteiger partial charge in [0.1, 0.15) is 10.1 Å². The highest BCUT2D eigenvalue weighted by Crippen LogP contribution is 2.34. The molecular formula is C26H24N2O4S. The van der Waals surface area contributed by atoms with E-state index in [0.29, 0.717) is 11.8 Å². The summed E-state index contributed by atoms with van der Waals surface area (Å²) in [6.07, 6.45) is 8.32. The molecule has 1 atom stereocenters. The first-order chi connectivity index (χ1) is 15.7. The molecule has 0 bridgehead atoms. The second-order valence-electron chi connectivity index (χ2n) is 7.95. The van der Waals surface area contributed by atoms with Crippen molar-refractivity contribution in [2.24, 2.45) is 7.05 Å². The molecule has 33 heavy (non-hydrogen) atoms. The number of rotatable bonds is 2. The first-order valence-electron chi connectivity index (χ1n) is 10.5. The molecule has 4 aromatic rings. The van der Waals surface area contributed by atoms with Crippen LogP contribution >= 0.6 is 0 Å². The van der Waals surface area contributed by atoms with Gasteiger partial charge in [-0.2, -0.15) is 0 Å². The fourth-order valence-corrected chi connectivity index (χ4v) is 4.15. The van der Waals surface area contributed by atoms with Crippen LogP contribution in [0.1, 0.15) is 35.4 Å². The third kappa shape index (κ3) is 5.10. The molecule has 2 heterocycles. The number of oxazole rings is 1. The van der Waals surface area contributed by atoms with E-state index >= 15 is 0 Å². The minimum Gasteiger partial charge on any atom is -0.744 e. The molecular weight excluding hydrogens is 436 g/mol. The maximum absolute atomic E-state index is 10.4. The molecule has 7 heteroatoms. The Morgan fingerprint density at radius 3 is 2.45 bits per heavy atom. The molecule has 0 saturated carbocycles. The van der Waals surface area contributed by atoms with Crippen molar-refractivity contribution >= 4 is 33.5 Å². The molecule has 2 aromatic heterocycles. The maximum Gasteiger partial charge on any atom is 0.370 e. The van der Waals surface area contributed by atoms with Crippen LogP contribution in [0.2, 0.25) is 0 Å². The third-order valence-electron chi connectivity index (χ3n) is 5.56. The van der Waals surface area contributed by atoms with Crippen LogP contribution in [0.25, 0.3) is 23.4 Å². The number of aromatic nitrogens is 2. The van der Waals surface area contributed by atoms with E-state index in [1.165, 1.54) is 28.8 Å². The number of hydrogen-bond donors (Lipinski definition) is 0. The van der Waals surface area contributed by atoms with Gasteiger partial charge in [0.15, 0.2) is 0 Å². The van der Waals surface area contributed by atoms with Crippen LogP contribution in [-0.2, 0) is 17.2 Å². The molecule has 0 saturated heterocycles. The largest absolute Gasteiger partial charge is 0.744 e. The van der Waals surface area contributed by atoms with Crippen molar-refractivity contribution in [3.63, 3.8) is 0 Å². The smallest absolute Gasteiger partial charge is 0.370 e. The lowest BCUT2D eigenvalue weighted by Crippen LogP contribution is -2.28. The second-order valence-corrected chi connectivity index (χ2v) is 9.33. The number of fused-ring (bicyclic) bond motifs is 2. The van der Waals surface area contributed by atoms with E-state index in [-0.39, 0.29) is 4.90 Å². The Hall–Kier alpha value is -3.55. The molecule has 0 radical (unpaired) electrons. The van der Waals surface area contributed by atoms with Crippen LogP contribution in [0.4, 0.5) is 0 Å². The molecule has 6 nitrogen and oxygen atoms in total.